The smallest absolute Gasteiger partial charge is 0.321 e. The number of nitrogens with one attached hydrogen (secondary N) is 1. The summed E-state index contributed by atoms with van der Waals surface area (Å²) in [6, 6.07) is 9.90. The molecule has 1 N–H and O–H groups in total. The normalized spacial score (nSPS) is 15.1. The predicted octanol–water partition coefficient (Wildman–Crippen LogP) is 5.61. The van der Waals surface area contributed by atoms with Crippen molar-refractivity contribution in [1.29, 1.82) is 0 Å². The van der Waals surface area contributed by atoms with Crippen LogP contribution in [0, 0.1) is 11.6 Å². The molecule has 2 aromatic carbocycles. The molecular weight excluding hydrogens is 560 g/mol. The molecule has 0 atom stereocenters. The number of rotatable bonds is 4. The van der Waals surface area contributed by atoms with Gasteiger partial charge in [0.2, 0.25) is 0 Å². The fourth-order valence-electron chi connectivity index (χ4n) is 2.95. The van der Waals surface area contributed by atoms with E-state index >= 15 is 0 Å². The van der Waals surface area contributed by atoms with E-state index in [2.05, 4.69) is 25.6 Å². The van der Waals surface area contributed by atoms with Gasteiger partial charge in [-0.1, -0.05) is 17.7 Å². The van der Waals surface area contributed by atoms with Crippen molar-refractivity contribution in [3.8, 4) is 11.1 Å². The maximum atomic E-state index is 13.9. The highest BCUT2D eigenvalue weighted by Crippen LogP contribution is 2.31. The molecule has 3 aromatic rings. The summed E-state index contributed by atoms with van der Waals surface area (Å²) in [4.78, 5) is 13.3. The van der Waals surface area contributed by atoms with Crippen molar-refractivity contribution in [2.75, 3.05) is 12.4 Å². The van der Waals surface area contributed by atoms with E-state index in [1.165, 1.54) is 42.7 Å². The topological polar surface area (TPSA) is 78.8 Å². The molecule has 1 aliphatic heterocycles. The third kappa shape index (κ3) is 4.86. The van der Waals surface area contributed by atoms with E-state index in [9.17, 15) is 22.0 Å². The Bertz CT molecular complexity index is 1450. The zero-order valence-corrected chi connectivity index (χ0v) is 20.6. The van der Waals surface area contributed by atoms with E-state index in [-0.39, 0.29) is 22.1 Å². The number of benzene rings is 2. The molecule has 1 amide bonds. The molecule has 0 radical (unpaired) electrons. The second-order valence-corrected chi connectivity index (χ2v) is 10.7. The molecule has 0 spiro atoms. The Morgan fingerprint density at radius 1 is 1.12 bits per heavy atom. The van der Waals surface area contributed by atoms with Crippen molar-refractivity contribution < 1.29 is 22.0 Å². The van der Waals surface area contributed by atoms with E-state index < -0.39 is 27.8 Å². The Hall–Kier alpha value is -2.60. The van der Waals surface area contributed by atoms with Gasteiger partial charge in [0, 0.05) is 12.7 Å². The SMILES string of the molecule is CN1C(C(=O)Nc2ccc(F)c(Cl)c2)=CC(c2cc(-c3ccc(Br)c(F)c3)cs2)=NS1(=O)=O. The summed E-state index contributed by atoms with van der Waals surface area (Å²) >= 11 is 10.0. The minimum Gasteiger partial charge on any atom is -0.321 e. The number of carbonyl (C=O) groups excluding carboxylic acids is 1. The molecule has 0 saturated heterocycles. The zero-order valence-electron chi connectivity index (χ0n) is 16.6. The quantitative estimate of drug-likeness (QED) is 0.441. The number of nitrogens with zero attached hydrogens (tertiary/aromatic N) is 2. The lowest BCUT2D eigenvalue weighted by atomic mass is 10.1. The van der Waals surface area contributed by atoms with Crippen LogP contribution in [-0.2, 0) is 15.0 Å². The molecule has 6 nitrogen and oxygen atoms in total. The van der Waals surface area contributed by atoms with Crippen molar-refractivity contribution in [3.63, 3.8) is 0 Å². The maximum Gasteiger partial charge on any atom is 0.345 e. The molecular formula is C21H13BrClF2N3O3S2. The Kier molecular flexibility index (Phi) is 6.41. The van der Waals surface area contributed by atoms with E-state index in [1.54, 1.807) is 23.6 Å². The lowest BCUT2D eigenvalue weighted by Gasteiger charge is -2.23. The number of amides is 1. The number of hydrogen-bond donors (Lipinski definition) is 1. The summed E-state index contributed by atoms with van der Waals surface area (Å²) in [5, 5.41) is 4.05. The summed E-state index contributed by atoms with van der Waals surface area (Å²) in [6.07, 6.45) is 1.33. The van der Waals surface area contributed by atoms with Gasteiger partial charge in [0.15, 0.2) is 0 Å². The third-order valence-electron chi connectivity index (χ3n) is 4.69. The fourth-order valence-corrected chi connectivity index (χ4v) is 5.22. The van der Waals surface area contributed by atoms with Gasteiger partial charge in [-0.15, -0.1) is 15.7 Å². The molecule has 0 aliphatic carbocycles. The number of anilines is 1. The maximum absolute atomic E-state index is 13.9. The summed E-state index contributed by atoms with van der Waals surface area (Å²) in [7, 11) is -2.98. The number of allylic oxidation sites excluding steroid dienone is 1. The van der Waals surface area contributed by atoms with Crippen molar-refractivity contribution in [1.82, 2.24) is 4.31 Å². The van der Waals surface area contributed by atoms with Crippen molar-refractivity contribution in [2.45, 2.75) is 0 Å². The average molecular weight is 573 g/mol. The van der Waals surface area contributed by atoms with Gasteiger partial charge in [-0.3, -0.25) is 4.79 Å². The highest BCUT2D eigenvalue weighted by molar-refractivity contribution is 9.10. The van der Waals surface area contributed by atoms with Crippen LogP contribution in [0.1, 0.15) is 4.88 Å². The molecule has 1 aliphatic rings. The molecule has 4 rings (SSSR count). The van der Waals surface area contributed by atoms with Crippen LogP contribution in [0.3, 0.4) is 0 Å². The number of likely N-dealkylation sites (N-methyl/N-ethyl adjacent to an activating group) is 1. The number of hydrogen-bond acceptors (Lipinski definition) is 4. The van der Waals surface area contributed by atoms with Crippen molar-refractivity contribution in [3.05, 3.63) is 85.6 Å². The summed E-state index contributed by atoms with van der Waals surface area (Å²) in [5.74, 6) is -1.83. The minimum absolute atomic E-state index is 0.0595. The van der Waals surface area contributed by atoms with Crippen LogP contribution in [0.4, 0.5) is 14.5 Å². The second kappa shape index (κ2) is 8.98. The minimum atomic E-state index is -4.18. The van der Waals surface area contributed by atoms with Gasteiger partial charge in [0.05, 0.1) is 20.1 Å². The first-order valence-electron chi connectivity index (χ1n) is 9.16. The first kappa shape index (κ1) is 23.6. The summed E-state index contributed by atoms with van der Waals surface area (Å²) in [6.45, 7) is 0. The first-order valence-corrected chi connectivity index (χ1v) is 12.6. The van der Waals surface area contributed by atoms with Gasteiger partial charge in [0.25, 0.3) is 5.91 Å². The molecule has 0 fully saturated rings. The van der Waals surface area contributed by atoms with Crippen LogP contribution < -0.4 is 5.32 Å². The van der Waals surface area contributed by atoms with Crippen molar-refractivity contribution >= 4 is 66.4 Å². The van der Waals surface area contributed by atoms with E-state index in [0.29, 0.717) is 20.5 Å². The van der Waals surface area contributed by atoms with Gasteiger partial charge in [-0.25, -0.2) is 13.1 Å². The molecule has 0 unspecified atom stereocenters. The van der Waals surface area contributed by atoms with Crippen LogP contribution in [-0.4, -0.2) is 31.4 Å². The van der Waals surface area contributed by atoms with Crippen LogP contribution in [0.2, 0.25) is 5.02 Å². The molecule has 12 heteroatoms. The van der Waals surface area contributed by atoms with E-state index in [1.807, 2.05) is 0 Å². The Labute approximate surface area is 205 Å². The number of halogens is 4. The molecule has 170 valence electrons. The van der Waals surface area contributed by atoms with Crippen LogP contribution in [0.25, 0.3) is 11.1 Å². The monoisotopic (exact) mass is 571 g/mol. The molecule has 33 heavy (non-hydrogen) atoms. The highest BCUT2D eigenvalue weighted by atomic mass is 79.9. The predicted molar refractivity (Wildman–Crippen MR) is 129 cm³/mol. The molecule has 2 heterocycles. The largest absolute Gasteiger partial charge is 0.345 e. The van der Waals surface area contributed by atoms with Crippen LogP contribution in [0.5, 0.6) is 0 Å². The van der Waals surface area contributed by atoms with Gasteiger partial charge in [0.1, 0.15) is 17.3 Å². The molecule has 0 bridgehead atoms. The van der Waals surface area contributed by atoms with Gasteiger partial charge in [-0.2, -0.15) is 8.42 Å². The average Bonchev–Trinajstić information content (AvgIpc) is 3.25. The Morgan fingerprint density at radius 2 is 1.88 bits per heavy atom. The van der Waals surface area contributed by atoms with Crippen LogP contribution in [0.15, 0.2) is 68.5 Å². The van der Waals surface area contributed by atoms with E-state index in [0.717, 1.165) is 10.4 Å². The fraction of sp³-hybridized carbons (Fsp3) is 0.0476. The number of carbonyl (C=O) groups is 1. The Balaban J connectivity index is 1.67. The Morgan fingerprint density at radius 3 is 2.58 bits per heavy atom. The van der Waals surface area contributed by atoms with Crippen LogP contribution >= 0.6 is 38.9 Å². The molecule has 0 saturated carbocycles. The molecule has 1 aromatic heterocycles. The van der Waals surface area contributed by atoms with Gasteiger partial charge < -0.3 is 5.32 Å². The van der Waals surface area contributed by atoms with Crippen molar-refractivity contribution in [2.24, 2.45) is 4.40 Å². The summed E-state index contributed by atoms with van der Waals surface area (Å²) < 4.78 is 57.3. The summed E-state index contributed by atoms with van der Waals surface area (Å²) in [5.41, 5.74) is 1.33. The number of thiophene rings is 1. The standard InChI is InChI=1S/C21H13BrClF2N3O3S2/c1-28-19(21(29)26-13-3-5-16(24)15(23)8-13)9-18(27-33(28,30)31)20-7-12(10-32-20)11-2-4-14(22)17(25)6-11/h2-10H,1H3,(H,26,29). The zero-order chi connectivity index (χ0) is 23.9. The first-order chi connectivity index (χ1) is 15.5. The highest BCUT2D eigenvalue weighted by Gasteiger charge is 2.30. The van der Waals surface area contributed by atoms with Gasteiger partial charge in [-0.05, 0) is 74.9 Å². The lowest BCUT2D eigenvalue weighted by molar-refractivity contribution is -0.113. The third-order valence-corrected chi connectivity index (χ3v) is 7.89. The second-order valence-electron chi connectivity index (χ2n) is 6.86. The van der Waals surface area contributed by atoms with E-state index in [4.69, 9.17) is 11.6 Å². The van der Waals surface area contributed by atoms with Gasteiger partial charge >= 0.3 is 10.2 Å². The lowest BCUT2D eigenvalue weighted by Crippen LogP contribution is -2.35.